The minimum absolute atomic E-state index is 0.523. The van der Waals surface area contributed by atoms with Gasteiger partial charge in [-0.3, -0.25) is 13.7 Å². The molecule has 0 aliphatic heterocycles. The van der Waals surface area contributed by atoms with E-state index < -0.39 is 0 Å². The Balaban J connectivity index is 1.26. The molecule has 0 aliphatic rings. The second kappa shape index (κ2) is 12.3. The Morgan fingerprint density at radius 1 is 0.316 bits per heavy atom. The van der Waals surface area contributed by atoms with Crippen LogP contribution in [0.2, 0.25) is 0 Å². The fourth-order valence-electron chi connectivity index (χ4n) is 8.64. The van der Waals surface area contributed by atoms with Gasteiger partial charge in [-0.15, -0.1) is 0 Å². The van der Waals surface area contributed by atoms with Crippen LogP contribution in [0.3, 0.4) is 0 Å². The third kappa shape index (κ3) is 4.64. The number of pyridine rings is 2. The summed E-state index contributed by atoms with van der Waals surface area (Å²) in [7, 11) is 0. The molecule has 6 aromatic carbocycles. The van der Waals surface area contributed by atoms with Gasteiger partial charge in [0.05, 0.1) is 39.0 Å². The van der Waals surface area contributed by atoms with Crippen LogP contribution in [0.1, 0.15) is 0 Å². The number of fused-ring (bicyclic) bond motifs is 9. The van der Waals surface area contributed by atoms with Gasteiger partial charge in [0.2, 0.25) is 5.95 Å². The summed E-state index contributed by atoms with van der Waals surface area (Å²) in [6.45, 7) is 0. The van der Waals surface area contributed by atoms with Crippen LogP contribution in [0.25, 0.3) is 106 Å². The lowest BCUT2D eigenvalue weighted by atomic mass is 10.1. The van der Waals surface area contributed by atoms with Crippen LogP contribution in [-0.4, -0.2) is 38.6 Å². The van der Waals surface area contributed by atoms with Crippen LogP contribution in [0.15, 0.2) is 182 Å². The molecule has 0 aliphatic carbocycles. The molecule has 57 heavy (non-hydrogen) atoms. The first kappa shape index (κ1) is 31.4. The Morgan fingerprint density at radius 3 is 1.26 bits per heavy atom. The molecule has 0 fully saturated rings. The highest BCUT2D eigenvalue weighted by Gasteiger charge is 2.26. The van der Waals surface area contributed by atoms with Crippen molar-refractivity contribution in [3.63, 3.8) is 0 Å². The highest BCUT2D eigenvalue weighted by Crippen LogP contribution is 2.41. The third-order valence-electron chi connectivity index (χ3n) is 11.0. The maximum absolute atomic E-state index is 5.51. The van der Waals surface area contributed by atoms with Crippen LogP contribution in [0.5, 0.6) is 0 Å². The molecule has 12 rings (SSSR count). The van der Waals surface area contributed by atoms with Crippen LogP contribution in [-0.2, 0) is 0 Å². The van der Waals surface area contributed by atoms with Gasteiger partial charge in [0, 0.05) is 50.3 Å². The van der Waals surface area contributed by atoms with Crippen LogP contribution >= 0.6 is 0 Å². The van der Waals surface area contributed by atoms with E-state index in [1.54, 1.807) is 0 Å². The Morgan fingerprint density at radius 2 is 0.737 bits per heavy atom. The summed E-state index contributed by atoms with van der Waals surface area (Å²) in [5.41, 5.74) is 9.27. The summed E-state index contributed by atoms with van der Waals surface area (Å²) in [5, 5.41) is 6.61. The zero-order valence-corrected chi connectivity index (χ0v) is 30.4. The monoisotopic (exact) mass is 730 g/mol. The molecular formula is C49H30N8. The fraction of sp³-hybridized carbons (Fsp3) is 0. The minimum Gasteiger partial charge on any atom is -0.293 e. The topological polar surface area (TPSA) is 79.2 Å². The highest BCUT2D eigenvalue weighted by molar-refractivity contribution is 6.11. The lowest BCUT2D eigenvalue weighted by Gasteiger charge is -2.19. The van der Waals surface area contributed by atoms with Crippen molar-refractivity contribution in [2.75, 3.05) is 0 Å². The van der Waals surface area contributed by atoms with E-state index in [0.717, 1.165) is 88.2 Å². The average molecular weight is 731 g/mol. The molecule has 0 saturated heterocycles. The summed E-state index contributed by atoms with van der Waals surface area (Å²) in [4.78, 5) is 26.2. The maximum atomic E-state index is 5.51. The van der Waals surface area contributed by atoms with Gasteiger partial charge in [-0.25, -0.2) is 15.0 Å². The molecular weight excluding hydrogens is 701 g/mol. The van der Waals surface area contributed by atoms with E-state index in [2.05, 4.69) is 153 Å². The maximum Gasteiger partial charge on any atom is 0.238 e. The number of aromatic nitrogens is 8. The van der Waals surface area contributed by atoms with Crippen molar-refractivity contribution < 1.29 is 0 Å². The summed E-state index contributed by atoms with van der Waals surface area (Å²) < 4.78 is 6.66. The Kier molecular flexibility index (Phi) is 6.76. The quantitative estimate of drug-likeness (QED) is 0.176. The van der Waals surface area contributed by atoms with Gasteiger partial charge in [0.15, 0.2) is 11.6 Å². The van der Waals surface area contributed by atoms with E-state index in [-0.39, 0.29) is 0 Å². The van der Waals surface area contributed by atoms with Crippen molar-refractivity contribution in [3.8, 4) is 40.1 Å². The standard InChI is InChI=1S/C49H30N8/c1-2-15-31(16-3-1)45-52-46(54-49(53-45)57-40-25-10-4-17-32(40)33-18-5-11-26-41(33)57)44-42(55-38-23-8-6-19-34(38)36-21-13-29-50-47(36)55)27-12-28-43(44)56-39-24-9-7-20-35(39)37-22-14-30-51-48(37)56/h1-30H. The lowest BCUT2D eigenvalue weighted by molar-refractivity contribution is 0.949. The Labute approximate surface area is 325 Å². The van der Waals surface area contributed by atoms with E-state index in [1.165, 1.54) is 0 Å². The van der Waals surface area contributed by atoms with Crippen molar-refractivity contribution >= 4 is 65.7 Å². The molecule has 12 aromatic rings. The molecule has 0 N–H and O–H groups in total. The number of benzene rings is 6. The molecule has 6 heterocycles. The predicted molar refractivity (Wildman–Crippen MR) is 229 cm³/mol. The molecule has 0 saturated carbocycles. The van der Waals surface area contributed by atoms with E-state index in [1.807, 2.05) is 42.7 Å². The van der Waals surface area contributed by atoms with E-state index in [4.69, 9.17) is 24.9 Å². The first-order valence-electron chi connectivity index (χ1n) is 18.9. The Bertz CT molecular complexity index is 3250. The zero-order valence-electron chi connectivity index (χ0n) is 30.4. The molecule has 6 aromatic heterocycles. The van der Waals surface area contributed by atoms with E-state index in [0.29, 0.717) is 17.6 Å². The normalized spacial score (nSPS) is 11.9. The number of para-hydroxylation sites is 4. The lowest BCUT2D eigenvalue weighted by Crippen LogP contribution is -2.10. The average Bonchev–Trinajstić information content (AvgIpc) is 3.92. The zero-order chi connectivity index (χ0) is 37.5. The van der Waals surface area contributed by atoms with Gasteiger partial charge in [-0.05, 0) is 60.7 Å². The smallest absolute Gasteiger partial charge is 0.238 e. The number of rotatable bonds is 5. The van der Waals surface area contributed by atoms with Gasteiger partial charge in [0.1, 0.15) is 11.3 Å². The molecule has 8 nitrogen and oxygen atoms in total. The van der Waals surface area contributed by atoms with Crippen molar-refractivity contribution in [2.45, 2.75) is 0 Å². The molecule has 8 heteroatoms. The van der Waals surface area contributed by atoms with Crippen LogP contribution in [0.4, 0.5) is 0 Å². The minimum atomic E-state index is 0.523. The number of hydrogen-bond acceptors (Lipinski definition) is 5. The van der Waals surface area contributed by atoms with Gasteiger partial charge in [-0.1, -0.05) is 109 Å². The second-order valence-electron chi connectivity index (χ2n) is 14.1. The SMILES string of the molecule is c1ccc(-c2nc(-c3c(-n4c5ccccc5c5cccnc54)cccc3-n3c4ccccc4c4cccnc43)nc(-n3c4ccccc4c4ccccc43)n2)cc1. The largest absolute Gasteiger partial charge is 0.293 e. The van der Waals surface area contributed by atoms with E-state index >= 15 is 0 Å². The summed E-state index contributed by atoms with van der Waals surface area (Å²) >= 11 is 0. The first-order valence-corrected chi connectivity index (χ1v) is 18.9. The van der Waals surface area contributed by atoms with Gasteiger partial charge >= 0.3 is 0 Å². The van der Waals surface area contributed by atoms with Gasteiger partial charge in [-0.2, -0.15) is 9.97 Å². The van der Waals surface area contributed by atoms with Crippen molar-refractivity contribution in [2.24, 2.45) is 0 Å². The number of hydrogen-bond donors (Lipinski definition) is 0. The molecule has 0 atom stereocenters. The first-order chi connectivity index (χ1) is 28.3. The third-order valence-corrected chi connectivity index (χ3v) is 11.0. The highest BCUT2D eigenvalue weighted by atomic mass is 15.2. The van der Waals surface area contributed by atoms with Gasteiger partial charge in [0.25, 0.3) is 0 Å². The van der Waals surface area contributed by atoms with Crippen molar-refractivity contribution in [1.82, 2.24) is 38.6 Å². The molecule has 266 valence electrons. The van der Waals surface area contributed by atoms with Crippen LogP contribution < -0.4 is 0 Å². The van der Waals surface area contributed by atoms with Crippen molar-refractivity contribution in [1.29, 1.82) is 0 Å². The number of nitrogens with zero attached hydrogens (tertiary/aromatic N) is 8. The van der Waals surface area contributed by atoms with Crippen LogP contribution in [0, 0.1) is 0 Å². The van der Waals surface area contributed by atoms with E-state index in [9.17, 15) is 0 Å². The van der Waals surface area contributed by atoms with Crippen molar-refractivity contribution in [3.05, 3.63) is 182 Å². The molecule has 0 radical (unpaired) electrons. The molecule has 0 amide bonds. The molecule has 0 unspecified atom stereocenters. The summed E-state index contributed by atoms with van der Waals surface area (Å²) in [5.74, 6) is 1.62. The predicted octanol–water partition coefficient (Wildman–Crippen LogP) is 11.3. The second-order valence-corrected chi connectivity index (χ2v) is 14.1. The molecule has 0 spiro atoms. The fourth-order valence-corrected chi connectivity index (χ4v) is 8.64. The summed E-state index contributed by atoms with van der Waals surface area (Å²) in [6.07, 6.45) is 3.71. The van der Waals surface area contributed by atoms with Gasteiger partial charge < -0.3 is 0 Å². The molecule has 0 bridgehead atoms. The summed E-state index contributed by atoms with van der Waals surface area (Å²) in [6, 6.07) is 58.6. The Hall–Kier alpha value is -7.97.